The SMILES string of the molecule is CCN(CC)C(=O)[C@H](C)N1CC[C@@H](c2ccccc2)C1. The van der Waals surface area contributed by atoms with E-state index in [0.29, 0.717) is 5.92 Å². The van der Waals surface area contributed by atoms with Crippen molar-refractivity contribution in [2.75, 3.05) is 26.2 Å². The monoisotopic (exact) mass is 274 g/mol. The molecule has 1 aliphatic heterocycles. The smallest absolute Gasteiger partial charge is 0.239 e. The third kappa shape index (κ3) is 3.21. The summed E-state index contributed by atoms with van der Waals surface area (Å²) >= 11 is 0. The molecule has 1 heterocycles. The van der Waals surface area contributed by atoms with E-state index in [1.165, 1.54) is 5.56 Å². The largest absolute Gasteiger partial charge is 0.342 e. The Morgan fingerprint density at radius 3 is 2.55 bits per heavy atom. The number of nitrogens with zero attached hydrogens (tertiary/aromatic N) is 2. The van der Waals surface area contributed by atoms with Crippen molar-refractivity contribution in [1.29, 1.82) is 0 Å². The van der Waals surface area contributed by atoms with Gasteiger partial charge in [-0.3, -0.25) is 9.69 Å². The number of hydrogen-bond acceptors (Lipinski definition) is 2. The van der Waals surface area contributed by atoms with Crippen LogP contribution in [0.1, 0.15) is 38.7 Å². The van der Waals surface area contributed by atoms with Crippen molar-refractivity contribution in [3.8, 4) is 0 Å². The lowest BCUT2D eigenvalue weighted by Gasteiger charge is -2.29. The number of likely N-dealkylation sites (N-methyl/N-ethyl adjacent to an activating group) is 1. The molecule has 0 radical (unpaired) electrons. The summed E-state index contributed by atoms with van der Waals surface area (Å²) < 4.78 is 0. The molecule has 2 atom stereocenters. The summed E-state index contributed by atoms with van der Waals surface area (Å²) in [5, 5.41) is 0. The molecule has 0 aliphatic carbocycles. The highest BCUT2D eigenvalue weighted by molar-refractivity contribution is 5.81. The molecule has 0 unspecified atom stereocenters. The van der Waals surface area contributed by atoms with Crippen molar-refractivity contribution in [2.24, 2.45) is 0 Å². The molecule has 0 aromatic heterocycles. The lowest BCUT2D eigenvalue weighted by atomic mass is 9.99. The van der Waals surface area contributed by atoms with Crippen molar-refractivity contribution in [1.82, 2.24) is 9.80 Å². The van der Waals surface area contributed by atoms with Gasteiger partial charge in [-0.25, -0.2) is 0 Å². The Morgan fingerprint density at radius 2 is 1.95 bits per heavy atom. The van der Waals surface area contributed by atoms with Gasteiger partial charge in [0.05, 0.1) is 6.04 Å². The van der Waals surface area contributed by atoms with E-state index < -0.39 is 0 Å². The van der Waals surface area contributed by atoms with Crippen LogP contribution in [0.3, 0.4) is 0 Å². The van der Waals surface area contributed by atoms with Gasteiger partial charge in [0.25, 0.3) is 0 Å². The molecule has 110 valence electrons. The first kappa shape index (κ1) is 15.0. The number of rotatable bonds is 5. The van der Waals surface area contributed by atoms with Crippen LogP contribution in [0.25, 0.3) is 0 Å². The second-order valence-electron chi connectivity index (χ2n) is 5.58. The first-order valence-corrected chi connectivity index (χ1v) is 7.75. The van der Waals surface area contributed by atoms with Gasteiger partial charge in [0, 0.05) is 19.6 Å². The van der Waals surface area contributed by atoms with Crippen molar-refractivity contribution in [3.05, 3.63) is 35.9 Å². The fraction of sp³-hybridized carbons (Fsp3) is 0.588. The van der Waals surface area contributed by atoms with Crippen molar-refractivity contribution in [2.45, 2.75) is 39.2 Å². The summed E-state index contributed by atoms with van der Waals surface area (Å²) in [7, 11) is 0. The molecule has 3 heteroatoms. The van der Waals surface area contributed by atoms with Gasteiger partial charge in [-0.2, -0.15) is 0 Å². The molecule has 1 fully saturated rings. The molecule has 1 saturated heterocycles. The number of likely N-dealkylation sites (tertiary alicyclic amines) is 1. The predicted octanol–water partition coefficient (Wildman–Crippen LogP) is 2.73. The highest BCUT2D eigenvalue weighted by Crippen LogP contribution is 2.28. The third-order valence-corrected chi connectivity index (χ3v) is 4.47. The van der Waals surface area contributed by atoms with Crippen LogP contribution in [0.2, 0.25) is 0 Å². The molecule has 1 aromatic carbocycles. The minimum atomic E-state index is 0.00334. The molecule has 1 amide bonds. The molecule has 0 bridgehead atoms. The first-order chi connectivity index (χ1) is 9.67. The van der Waals surface area contributed by atoms with Crippen LogP contribution in [0, 0.1) is 0 Å². The van der Waals surface area contributed by atoms with E-state index in [1.54, 1.807) is 0 Å². The van der Waals surface area contributed by atoms with E-state index >= 15 is 0 Å². The highest BCUT2D eigenvalue weighted by atomic mass is 16.2. The van der Waals surface area contributed by atoms with Crippen molar-refractivity contribution in [3.63, 3.8) is 0 Å². The summed E-state index contributed by atoms with van der Waals surface area (Å²) in [6.07, 6.45) is 1.15. The van der Waals surface area contributed by atoms with E-state index in [-0.39, 0.29) is 11.9 Å². The predicted molar refractivity (Wildman–Crippen MR) is 82.8 cm³/mol. The van der Waals surface area contributed by atoms with Crippen LogP contribution in [0.4, 0.5) is 0 Å². The Labute approximate surface area is 122 Å². The highest BCUT2D eigenvalue weighted by Gasteiger charge is 2.31. The zero-order valence-corrected chi connectivity index (χ0v) is 12.9. The second-order valence-corrected chi connectivity index (χ2v) is 5.58. The summed E-state index contributed by atoms with van der Waals surface area (Å²) in [5.41, 5.74) is 1.40. The van der Waals surface area contributed by atoms with Crippen LogP contribution >= 0.6 is 0 Å². The Morgan fingerprint density at radius 1 is 1.30 bits per heavy atom. The first-order valence-electron chi connectivity index (χ1n) is 7.75. The summed E-state index contributed by atoms with van der Waals surface area (Å²) in [6.45, 7) is 9.76. The quantitative estimate of drug-likeness (QED) is 0.824. The van der Waals surface area contributed by atoms with Gasteiger partial charge >= 0.3 is 0 Å². The van der Waals surface area contributed by atoms with Crippen LogP contribution in [0.15, 0.2) is 30.3 Å². The maximum Gasteiger partial charge on any atom is 0.239 e. The van der Waals surface area contributed by atoms with Crippen molar-refractivity contribution < 1.29 is 4.79 Å². The van der Waals surface area contributed by atoms with E-state index in [0.717, 1.165) is 32.6 Å². The number of carbonyl (C=O) groups is 1. The van der Waals surface area contributed by atoms with E-state index in [9.17, 15) is 4.79 Å². The van der Waals surface area contributed by atoms with Gasteiger partial charge in [0.2, 0.25) is 5.91 Å². The van der Waals surface area contributed by atoms with Gasteiger partial charge in [0.15, 0.2) is 0 Å². The lowest BCUT2D eigenvalue weighted by molar-refractivity contribution is -0.135. The fourth-order valence-electron chi connectivity index (χ4n) is 3.09. The van der Waals surface area contributed by atoms with Gasteiger partial charge in [-0.15, -0.1) is 0 Å². The molecule has 1 aliphatic rings. The van der Waals surface area contributed by atoms with Crippen LogP contribution in [-0.4, -0.2) is 47.9 Å². The van der Waals surface area contributed by atoms with E-state index in [2.05, 4.69) is 35.2 Å². The van der Waals surface area contributed by atoms with Crippen molar-refractivity contribution >= 4 is 5.91 Å². The Balaban J connectivity index is 1.97. The number of amides is 1. The van der Waals surface area contributed by atoms with E-state index in [1.807, 2.05) is 25.7 Å². The maximum atomic E-state index is 12.4. The van der Waals surface area contributed by atoms with Crippen LogP contribution in [-0.2, 0) is 4.79 Å². The average molecular weight is 274 g/mol. The molecule has 20 heavy (non-hydrogen) atoms. The molecule has 1 aromatic rings. The van der Waals surface area contributed by atoms with Gasteiger partial charge in [-0.1, -0.05) is 30.3 Å². The fourth-order valence-corrected chi connectivity index (χ4v) is 3.09. The third-order valence-electron chi connectivity index (χ3n) is 4.47. The van der Waals surface area contributed by atoms with Gasteiger partial charge < -0.3 is 4.90 Å². The number of benzene rings is 1. The summed E-state index contributed by atoms with van der Waals surface area (Å²) in [4.78, 5) is 16.7. The standard InChI is InChI=1S/C17H26N2O/c1-4-18(5-2)17(20)14(3)19-12-11-16(13-19)15-9-7-6-8-10-15/h6-10,14,16H,4-5,11-13H2,1-3H3/t14-,16+/m0/s1. The normalized spacial score (nSPS) is 20.9. The summed E-state index contributed by atoms with van der Waals surface area (Å²) in [5.74, 6) is 0.840. The van der Waals surface area contributed by atoms with E-state index in [4.69, 9.17) is 0 Å². The topological polar surface area (TPSA) is 23.6 Å². The van der Waals surface area contributed by atoms with Gasteiger partial charge in [-0.05, 0) is 45.2 Å². The Bertz CT molecular complexity index is 428. The van der Waals surface area contributed by atoms with Crippen LogP contribution < -0.4 is 0 Å². The Hall–Kier alpha value is -1.35. The average Bonchev–Trinajstić information content (AvgIpc) is 2.98. The molecule has 0 saturated carbocycles. The summed E-state index contributed by atoms with van der Waals surface area (Å²) in [6, 6.07) is 10.7. The molecular weight excluding hydrogens is 248 g/mol. The number of hydrogen-bond donors (Lipinski definition) is 0. The maximum absolute atomic E-state index is 12.4. The number of carbonyl (C=O) groups excluding carboxylic acids is 1. The van der Waals surface area contributed by atoms with Crippen LogP contribution in [0.5, 0.6) is 0 Å². The minimum absolute atomic E-state index is 0.00334. The second kappa shape index (κ2) is 6.89. The molecule has 3 nitrogen and oxygen atoms in total. The molecular formula is C17H26N2O. The minimum Gasteiger partial charge on any atom is -0.342 e. The van der Waals surface area contributed by atoms with Gasteiger partial charge in [0.1, 0.15) is 0 Å². The zero-order chi connectivity index (χ0) is 14.5. The zero-order valence-electron chi connectivity index (χ0n) is 12.9. The molecule has 2 rings (SSSR count). The molecule has 0 spiro atoms. The molecule has 0 N–H and O–H groups in total. The lowest BCUT2D eigenvalue weighted by Crippen LogP contribution is -2.46. The Kier molecular flexibility index (Phi) is 5.18.